The van der Waals surface area contributed by atoms with Crippen molar-refractivity contribution < 1.29 is 13.6 Å². The highest BCUT2D eigenvalue weighted by Crippen LogP contribution is 2.23. The lowest BCUT2D eigenvalue weighted by Crippen LogP contribution is -2.33. The van der Waals surface area contributed by atoms with Crippen LogP contribution in [0.15, 0.2) is 60.9 Å². The molecule has 6 heteroatoms. The Balaban J connectivity index is 1.88. The summed E-state index contributed by atoms with van der Waals surface area (Å²) in [5, 5.41) is 2.76. The highest BCUT2D eigenvalue weighted by Gasteiger charge is 2.23. The Labute approximate surface area is 144 Å². The minimum atomic E-state index is -0.763. The Morgan fingerprint density at radius 3 is 2.44 bits per heavy atom. The Morgan fingerprint density at radius 1 is 1.12 bits per heavy atom. The maximum atomic E-state index is 14.3. The number of aromatic nitrogens is 2. The Bertz CT molecular complexity index is 892. The van der Waals surface area contributed by atoms with Gasteiger partial charge in [0.25, 0.3) is 0 Å². The number of nitrogens with one attached hydrogen (secondary N) is 1. The van der Waals surface area contributed by atoms with Crippen LogP contribution in [0.1, 0.15) is 23.0 Å². The van der Waals surface area contributed by atoms with Crippen molar-refractivity contribution >= 4 is 5.91 Å². The second-order valence-corrected chi connectivity index (χ2v) is 5.69. The van der Waals surface area contributed by atoms with Crippen LogP contribution in [0.25, 0.3) is 0 Å². The standard InChI is InChI=1S/C19H17F2N3O/c1-24-11-10-22-19(24)18(14-7-3-5-9-16(14)21)23-17(25)12-13-6-2-4-8-15(13)20/h2-11,18H,12H2,1H3,(H,23,25). The van der Waals surface area contributed by atoms with Crippen LogP contribution in [0, 0.1) is 11.6 Å². The molecule has 1 atom stereocenters. The SMILES string of the molecule is Cn1ccnc1C(NC(=O)Cc1ccccc1F)c1ccccc1F. The maximum absolute atomic E-state index is 14.3. The van der Waals surface area contributed by atoms with Gasteiger partial charge in [0.2, 0.25) is 5.91 Å². The van der Waals surface area contributed by atoms with Gasteiger partial charge in [0.15, 0.2) is 0 Å². The highest BCUT2D eigenvalue weighted by molar-refractivity contribution is 5.79. The summed E-state index contributed by atoms with van der Waals surface area (Å²) in [4.78, 5) is 16.6. The molecule has 1 amide bonds. The predicted octanol–water partition coefficient (Wildman–Crippen LogP) is 3.15. The lowest BCUT2D eigenvalue weighted by Gasteiger charge is -2.20. The zero-order valence-electron chi connectivity index (χ0n) is 13.6. The molecular weight excluding hydrogens is 324 g/mol. The van der Waals surface area contributed by atoms with Gasteiger partial charge in [-0.05, 0) is 17.7 Å². The van der Waals surface area contributed by atoms with Gasteiger partial charge in [-0.1, -0.05) is 36.4 Å². The van der Waals surface area contributed by atoms with E-state index in [1.165, 1.54) is 12.1 Å². The van der Waals surface area contributed by atoms with Crippen LogP contribution >= 0.6 is 0 Å². The van der Waals surface area contributed by atoms with Gasteiger partial charge in [-0.15, -0.1) is 0 Å². The number of imidazole rings is 1. The van der Waals surface area contributed by atoms with E-state index < -0.39 is 23.6 Å². The second kappa shape index (κ2) is 7.25. The van der Waals surface area contributed by atoms with Crippen LogP contribution in [0.3, 0.4) is 0 Å². The van der Waals surface area contributed by atoms with E-state index >= 15 is 0 Å². The van der Waals surface area contributed by atoms with Crippen LogP contribution in [-0.2, 0) is 18.3 Å². The average Bonchev–Trinajstić information content (AvgIpc) is 3.01. The maximum Gasteiger partial charge on any atom is 0.225 e. The van der Waals surface area contributed by atoms with Crippen molar-refractivity contribution in [3.8, 4) is 0 Å². The summed E-state index contributed by atoms with van der Waals surface area (Å²) in [5.41, 5.74) is 0.589. The summed E-state index contributed by atoms with van der Waals surface area (Å²) in [6, 6.07) is 11.5. The van der Waals surface area contributed by atoms with Crippen molar-refractivity contribution in [1.82, 2.24) is 14.9 Å². The molecule has 0 bridgehead atoms. The fourth-order valence-corrected chi connectivity index (χ4v) is 2.67. The van der Waals surface area contributed by atoms with Crippen molar-refractivity contribution in [3.05, 3.63) is 89.5 Å². The molecule has 4 nitrogen and oxygen atoms in total. The van der Waals surface area contributed by atoms with Gasteiger partial charge < -0.3 is 9.88 Å². The first kappa shape index (κ1) is 16.8. The first-order chi connectivity index (χ1) is 12.1. The van der Waals surface area contributed by atoms with Crippen LogP contribution in [0.2, 0.25) is 0 Å². The number of hydrogen-bond acceptors (Lipinski definition) is 2. The van der Waals surface area contributed by atoms with Gasteiger partial charge in [-0.25, -0.2) is 13.8 Å². The molecule has 0 fully saturated rings. The van der Waals surface area contributed by atoms with Gasteiger partial charge in [0, 0.05) is 25.0 Å². The smallest absolute Gasteiger partial charge is 0.225 e. The minimum absolute atomic E-state index is 0.137. The number of hydrogen-bond donors (Lipinski definition) is 1. The molecule has 1 unspecified atom stereocenters. The van der Waals surface area contributed by atoms with E-state index in [1.807, 2.05) is 0 Å². The number of amides is 1. The molecular formula is C19H17F2N3O. The van der Waals surface area contributed by atoms with E-state index in [0.29, 0.717) is 11.4 Å². The molecule has 3 rings (SSSR count). The zero-order valence-corrected chi connectivity index (χ0v) is 13.6. The van der Waals surface area contributed by atoms with Crippen molar-refractivity contribution in [2.24, 2.45) is 7.05 Å². The monoisotopic (exact) mass is 341 g/mol. The van der Waals surface area contributed by atoms with Crippen LogP contribution < -0.4 is 5.32 Å². The fraction of sp³-hybridized carbons (Fsp3) is 0.158. The number of benzene rings is 2. The summed E-state index contributed by atoms with van der Waals surface area (Å²) in [6.07, 6.45) is 3.15. The molecule has 0 aliphatic rings. The Hall–Kier alpha value is -3.02. The van der Waals surface area contributed by atoms with Crippen molar-refractivity contribution in [2.45, 2.75) is 12.5 Å². The molecule has 128 valence electrons. The first-order valence-electron chi connectivity index (χ1n) is 7.80. The zero-order chi connectivity index (χ0) is 17.8. The van der Waals surface area contributed by atoms with Gasteiger partial charge in [0.05, 0.1) is 6.42 Å². The molecule has 0 aliphatic carbocycles. The predicted molar refractivity (Wildman–Crippen MR) is 89.7 cm³/mol. The third-order valence-electron chi connectivity index (χ3n) is 3.95. The fourth-order valence-electron chi connectivity index (χ4n) is 2.67. The molecule has 0 spiro atoms. The van der Waals surface area contributed by atoms with E-state index in [1.54, 1.807) is 60.4 Å². The second-order valence-electron chi connectivity index (χ2n) is 5.69. The number of aryl methyl sites for hydroxylation is 1. The molecule has 0 aliphatic heterocycles. The van der Waals surface area contributed by atoms with Crippen LogP contribution in [0.4, 0.5) is 8.78 Å². The molecule has 25 heavy (non-hydrogen) atoms. The van der Waals surface area contributed by atoms with E-state index in [-0.39, 0.29) is 12.0 Å². The third-order valence-corrected chi connectivity index (χ3v) is 3.95. The Kier molecular flexibility index (Phi) is 4.88. The van der Waals surface area contributed by atoms with Crippen molar-refractivity contribution in [1.29, 1.82) is 0 Å². The van der Waals surface area contributed by atoms with E-state index in [2.05, 4.69) is 10.3 Å². The third kappa shape index (κ3) is 3.74. The number of nitrogens with zero attached hydrogens (tertiary/aromatic N) is 2. The molecule has 0 saturated heterocycles. The molecule has 2 aromatic carbocycles. The molecule has 1 N–H and O–H groups in total. The van der Waals surface area contributed by atoms with Crippen LogP contribution in [-0.4, -0.2) is 15.5 Å². The normalized spacial score (nSPS) is 12.0. The van der Waals surface area contributed by atoms with Gasteiger partial charge in [-0.2, -0.15) is 0 Å². The minimum Gasteiger partial charge on any atom is -0.342 e. The van der Waals surface area contributed by atoms with Crippen LogP contribution in [0.5, 0.6) is 0 Å². The molecule has 0 saturated carbocycles. The molecule has 1 heterocycles. The summed E-state index contributed by atoms with van der Waals surface area (Å²) in [6.45, 7) is 0. The summed E-state index contributed by atoms with van der Waals surface area (Å²) < 4.78 is 29.7. The van der Waals surface area contributed by atoms with Gasteiger partial charge in [0.1, 0.15) is 23.5 Å². The highest BCUT2D eigenvalue weighted by atomic mass is 19.1. The topological polar surface area (TPSA) is 46.9 Å². The Morgan fingerprint density at radius 2 is 1.80 bits per heavy atom. The van der Waals surface area contributed by atoms with Crippen molar-refractivity contribution in [3.63, 3.8) is 0 Å². The average molecular weight is 341 g/mol. The summed E-state index contributed by atoms with van der Waals surface area (Å²) in [7, 11) is 1.76. The van der Waals surface area contributed by atoms with Crippen molar-refractivity contribution in [2.75, 3.05) is 0 Å². The number of rotatable bonds is 5. The van der Waals surface area contributed by atoms with E-state index in [9.17, 15) is 13.6 Å². The lowest BCUT2D eigenvalue weighted by atomic mass is 10.0. The summed E-state index contributed by atoms with van der Waals surface area (Å²) >= 11 is 0. The van der Waals surface area contributed by atoms with E-state index in [0.717, 1.165) is 0 Å². The van der Waals surface area contributed by atoms with Gasteiger partial charge in [-0.3, -0.25) is 4.79 Å². The lowest BCUT2D eigenvalue weighted by molar-refractivity contribution is -0.121. The van der Waals surface area contributed by atoms with E-state index in [4.69, 9.17) is 0 Å². The van der Waals surface area contributed by atoms with Gasteiger partial charge >= 0.3 is 0 Å². The quantitative estimate of drug-likeness (QED) is 0.775. The number of carbonyl (C=O) groups excluding carboxylic acids is 1. The molecule has 3 aromatic rings. The largest absolute Gasteiger partial charge is 0.342 e. The number of carbonyl (C=O) groups is 1. The molecule has 1 aromatic heterocycles. The number of halogens is 2. The first-order valence-corrected chi connectivity index (χ1v) is 7.80. The molecule has 0 radical (unpaired) electrons. The summed E-state index contributed by atoms with van der Waals surface area (Å²) in [5.74, 6) is -0.813.